The SMILES string of the molecule is C/C=C1/CN(C(=O)OCc2ccccc2)[C@H]2Cc3c([nH]c4ccccc34)[C@@H](O)C[C@@H]1[C@@H]2CO[Si](C(C)C)(C(C)C)C(C)C. The number of piperidine rings is 1. The summed E-state index contributed by atoms with van der Waals surface area (Å²) < 4.78 is 13.3. The van der Waals surface area contributed by atoms with Gasteiger partial charge in [-0.15, -0.1) is 0 Å². The molecule has 0 unspecified atom stereocenters. The molecule has 0 saturated carbocycles. The number of rotatable bonds is 8. The molecule has 4 atom stereocenters. The van der Waals surface area contributed by atoms with Gasteiger partial charge in [0.25, 0.3) is 0 Å². The van der Waals surface area contributed by atoms with Crippen LogP contribution in [0.3, 0.4) is 0 Å². The number of para-hydroxylation sites is 1. The first-order valence-corrected chi connectivity index (χ1v) is 18.3. The summed E-state index contributed by atoms with van der Waals surface area (Å²) in [4.78, 5) is 19.5. The van der Waals surface area contributed by atoms with Crippen LogP contribution in [0, 0.1) is 11.8 Å². The summed E-state index contributed by atoms with van der Waals surface area (Å²) in [5.41, 5.74) is 6.51. The molecule has 2 aromatic carbocycles. The van der Waals surface area contributed by atoms with Crippen LogP contribution in [0.2, 0.25) is 16.6 Å². The van der Waals surface area contributed by atoms with E-state index in [4.69, 9.17) is 9.16 Å². The first kappa shape index (κ1) is 31.5. The van der Waals surface area contributed by atoms with Crippen LogP contribution in [0.15, 0.2) is 66.2 Å². The summed E-state index contributed by atoms with van der Waals surface area (Å²) in [5, 5.41) is 12.8. The number of amides is 1. The molecule has 1 fully saturated rings. The number of H-pyrrole nitrogens is 1. The van der Waals surface area contributed by atoms with Crippen molar-refractivity contribution in [1.82, 2.24) is 9.88 Å². The van der Waals surface area contributed by atoms with E-state index in [0.717, 1.165) is 27.7 Å². The third-order valence-electron chi connectivity index (χ3n) is 10.4. The Hall–Kier alpha value is -2.87. The molecule has 2 bridgehead atoms. The maximum absolute atomic E-state index is 14.0. The lowest BCUT2D eigenvalue weighted by Gasteiger charge is -2.50. The second kappa shape index (κ2) is 13.0. The van der Waals surface area contributed by atoms with Gasteiger partial charge in [-0.05, 0) is 59.5 Å². The van der Waals surface area contributed by atoms with E-state index in [-0.39, 0.29) is 30.6 Å². The molecule has 7 heteroatoms. The van der Waals surface area contributed by atoms with Crippen LogP contribution in [0.1, 0.15) is 77.8 Å². The zero-order valence-corrected chi connectivity index (χ0v) is 28.0. The molecule has 1 aliphatic heterocycles. The Balaban J connectivity index is 1.57. The molecule has 43 heavy (non-hydrogen) atoms. The fourth-order valence-electron chi connectivity index (χ4n) is 8.36. The highest BCUT2D eigenvalue weighted by Crippen LogP contribution is 2.47. The number of ether oxygens (including phenoxy) is 1. The van der Waals surface area contributed by atoms with Gasteiger partial charge in [0.05, 0.1) is 6.10 Å². The fourth-order valence-corrected chi connectivity index (χ4v) is 13.8. The molecule has 232 valence electrons. The number of aromatic amines is 1. The Kier molecular flexibility index (Phi) is 9.54. The van der Waals surface area contributed by atoms with Gasteiger partial charge in [-0.2, -0.15) is 0 Å². The third kappa shape index (κ3) is 5.96. The molecule has 3 aromatic rings. The zero-order valence-electron chi connectivity index (χ0n) is 27.0. The third-order valence-corrected chi connectivity index (χ3v) is 16.4. The molecule has 2 N–H and O–H groups in total. The summed E-state index contributed by atoms with van der Waals surface area (Å²) in [5.74, 6) is 0.129. The Morgan fingerprint density at radius 1 is 1.02 bits per heavy atom. The predicted molar refractivity (Wildman–Crippen MR) is 176 cm³/mol. The minimum Gasteiger partial charge on any atom is -0.445 e. The van der Waals surface area contributed by atoms with Gasteiger partial charge >= 0.3 is 6.09 Å². The van der Waals surface area contributed by atoms with E-state index in [1.807, 2.05) is 47.4 Å². The van der Waals surface area contributed by atoms with Crippen LogP contribution in [-0.4, -0.2) is 48.6 Å². The Morgan fingerprint density at radius 3 is 2.33 bits per heavy atom. The van der Waals surface area contributed by atoms with Gasteiger partial charge in [0, 0.05) is 41.7 Å². The number of benzene rings is 2. The van der Waals surface area contributed by atoms with Gasteiger partial charge in [-0.25, -0.2) is 4.79 Å². The van der Waals surface area contributed by atoms with Crippen molar-refractivity contribution in [1.29, 1.82) is 0 Å². The van der Waals surface area contributed by atoms with Crippen molar-refractivity contribution >= 4 is 25.3 Å². The summed E-state index contributed by atoms with van der Waals surface area (Å²) in [6.07, 6.45) is 2.46. The Bertz CT molecular complexity index is 1410. The number of hydrogen-bond donors (Lipinski definition) is 2. The molecule has 2 heterocycles. The molecule has 6 nitrogen and oxygen atoms in total. The topological polar surface area (TPSA) is 74.8 Å². The summed E-state index contributed by atoms with van der Waals surface area (Å²) >= 11 is 0. The second-order valence-corrected chi connectivity index (χ2v) is 19.0. The van der Waals surface area contributed by atoms with Gasteiger partial charge in [0.1, 0.15) is 6.61 Å². The Morgan fingerprint density at radius 2 is 1.67 bits per heavy atom. The maximum Gasteiger partial charge on any atom is 0.410 e. The first-order chi connectivity index (χ1) is 20.6. The summed E-state index contributed by atoms with van der Waals surface area (Å²) in [6, 6.07) is 18.0. The monoisotopic (exact) mass is 602 g/mol. The number of hydrogen-bond acceptors (Lipinski definition) is 4. The lowest BCUT2D eigenvalue weighted by Crippen LogP contribution is -2.57. The van der Waals surface area contributed by atoms with Crippen molar-refractivity contribution in [3.05, 3.63) is 83.1 Å². The number of allylic oxidation sites excluding steroid dienone is 1. The van der Waals surface area contributed by atoms with Gasteiger partial charge in [0.15, 0.2) is 8.32 Å². The number of carbonyl (C=O) groups is 1. The van der Waals surface area contributed by atoms with E-state index >= 15 is 0 Å². The number of carbonyl (C=O) groups excluding carboxylic acids is 1. The van der Waals surface area contributed by atoms with Crippen molar-refractivity contribution in [2.24, 2.45) is 11.8 Å². The van der Waals surface area contributed by atoms with Gasteiger partial charge in [-0.1, -0.05) is 102 Å². The Labute approximate surface area is 258 Å². The fraction of sp³-hybridized carbons (Fsp3) is 0.528. The minimum atomic E-state index is -2.17. The first-order valence-electron chi connectivity index (χ1n) is 16.1. The van der Waals surface area contributed by atoms with Gasteiger partial charge < -0.3 is 24.2 Å². The molecule has 1 saturated heterocycles. The van der Waals surface area contributed by atoms with Crippen LogP contribution in [0.4, 0.5) is 4.79 Å². The molecule has 1 aliphatic carbocycles. The number of nitrogens with zero attached hydrogens (tertiary/aromatic N) is 1. The van der Waals surface area contributed by atoms with E-state index < -0.39 is 14.4 Å². The highest BCUT2D eigenvalue weighted by Gasteiger charge is 2.50. The van der Waals surface area contributed by atoms with Crippen LogP contribution in [0.25, 0.3) is 10.9 Å². The van der Waals surface area contributed by atoms with Crippen molar-refractivity contribution in [3.63, 3.8) is 0 Å². The van der Waals surface area contributed by atoms with E-state index in [9.17, 15) is 9.90 Å². The summed E-state index contributed by atoms with van der Waals surface area (Å²) in [7, 11) is -2.17. The summed E-state index contributed by atoms with van der Waals surface area (Å²) in [6.45, 7) is 17.3. The number of aliphatic hydroxyl groups excluding tert-OH is 1. The standard InChI is InChI=1S/C36H50N2O4Si/c1-8-27-20-38(36(40)41-21-26-14-10-9-11-15-26)33-18-30-28-16-12-13-17-32(28)37-35(30)34(39)19-29(27)31(33)22-42-43(23(2)3,24(4)5)25(6)7/h8-17,23-25,29,31,33-34,37,39H,18-22H2,1-7H3/b27-8-/t29-,31-,33-,34-/m0/s1. The van der Waals surface area contributed by atoms with E-state index in [1.54, 1.807) is 0 Å². The molecule has 1 aromatic heterocycles. The molecule has 5 rings (SSSR count). The molecule has 1 amide bonds. The van der Waals surface area contributed by atoms with Crippen LogP contribution in [-0.2, 0) is 22.2 Å². The average molecular weight is 603 g/mol. The lowest BCUT2D eigenvalue weighted by atomic mass is 9.70. The zero-order chi connectivity index (χ0) is 30.9. The quantitative estimate of drug-likeness (QED) is 0.200. The van der Waals surface area contributed by atoms with Gasteiger partial charge in [-0.3, -0.25) is 0 Å². The molecule has 0 radical (unpaired) electrons. The van der Waals surface area contributed by atoms with Crippen molar-refractivity contribution in [3.8, 4) is 0 Å². The van der Waals surface area contributed by atoms with Gasteiger partial charge in [0.2, 0.25) is 0 Å². The van der Waals surface area contributed by atoms with Crippen molar-refractivity contribution in [2.45, 2.75) is 96.7 Å². The minimum absolute atomic E-state index is 0.0313. The smallest absolute Gasteiger partial charge is 0.410 e. The van der Waals surface area contributed by atoms with Crippen molar-refractivity contribution < 1.29 is 19.1 Å². The van der Waals surface area contributed by atoms with E-state index in [0.29, 0.717) is 42.6 Å². The predicted octanol–water partition coefficient (Wildman–Crippen LogP) is 8.54. The van der Waals surface area contributed by atoms with E-state index in [2.05, 4.69) is 71.7 Å². The number of fused-ring (bicyclic) bond motifs is 5. The maximum atomic E-state index is 14.0. The second-order valence-electron chi connectivity index (χ2n) is 13.5. The highest BCUT2D eigenvalue weighted by atomic mass is 28.4. The largest absolute Gasteiger partial charge is 0.445 e. The van der Waals surface area contributed by atoms with Crippen LogP contribution in [0.5, 0.6) is 0 Å². The molecule has 2 aliphatic rings. The number of likely N-dealkylation sites (tertiary alicyclic amines) is 1. The molecular weight excluding hydrogens is 552 g/mol. The van der Waals surface area contributed by atoms with Crippen molar-refractivity contribution in [2.75, 3.05) is 13.2 Å². The average Bonchev–Trinajstić information content (AvgIpc) is 3.35. The lowest BCUT2D eigenvalue weighted by molar-refractivity contribution is 0.0115. The molecule has 0 spiro atoms. The normalized spacial score (nSPS) is 23.6. The molecular formula is C36H50N2O4Si. The number of aliphatic hydroxyl groups is 1. The van der Waals surface area contributed by atoms with Crippen LogP contribution >= 0.6 is 0 Å². The number of aromatic nitrogens is 1. The van der Waals surface area contributed by atoms with E-state index in [1.165, 1.54) is 5.57 Å². The van der Waals surface area contributed by atoms with Crippen LogP contribution < -0.4 is 0 Å². The number of nitrogens with one attached hydrogen (secondary N) is 1. The highest BCUT2D eigenvalue weighted by molar-refractivity contribution is 6.77.